The normalized spacial score (nSPS) is 23.4. The molecule has 1 aromatic heterocycles. The summed E-state index contributed by atoms with van der Waals surface area (Å²) in [7, 11) is 0. The maximum absolute atomic E-state index is 3.60. The molecule has 0 fully saturated rings. The van der Waals surface area contributed by atoms with E-state index in [0.717, 1.165) is 18.4 Å². The lowest BCUT2D eigenvalue weighted by Crippen LogP contribution is -2.20. The summed E-state index contributed by atoms with van der Waals surface area (Å²) in [6.45, 7) is 5.65. The summed E-state index contributed by atoms with van der Waals surface area (Å²) in [5.41, 5.74) is 3.98. The molecule has 2 unspecified atom stereocenters. The number of aromatic amines is 1. The van der Waals surface area contributed by atoms with Gasteiger partial charge in [-0.1, -0.05) is 18.6 Å². The molecule has 0 bridgehead atoms. The Kier molecular flexibility index (Phi) is 3.33. The number of hydrogen-bond donors (Lipinski definition) is 2. The van der Waals surface area contributed by atoms with Crippen molar-refractivity contribution in [1.29, 1.82) is 0 Å². The van der Waals surface area contributed by atoms with Crippen LogP contribution in [0, 0.1) is 11.8 Å². The topological polar surface area (TPSA) is 27.8 Å². The molecular weight excluding hydrogens is 232 g/mol. The molecule has 2 atom stereocenters. The Hall–Kier alpha value is -1.70. The third kappa shape index (κ3) is 2.83. The summed E-state index contributed by atoms with van der Waals surface area (Å²) in [5.74, 6) is 1.50. The molecule has 0 amide bonds. The number of hydrogen-bond acceptors (Lipinski definition) is 1. The van der Waals surface area contributed by atoms with Crippen LogP contribution in [0.2, 0.25) is 0 Å². The van der Waals surface area contributed by atoms with E-state index in [4.69, 9.17) is 0 Å². The van der Waals surface area contributed by atoms with E-state index in [1.165, 1.54) is 29.4 Å². The van der Waals surface area contributed by atoms with Crippen LogP contribution < -0.4 is 5.32 Å². The molecule has 2 N–H and O–H groups in total. The molecule has 0 saturated carbocycles. The number of benzene rings is 1. The summed E-state index contributed by atoms with van der Waals surface area (Å²) in [5, 5.41) is 4.87. The van der Waals surface area contributed by atoms with E-state index < -0.39 is 0 Å². The highest BCUT2D eigenvalue weighted by Gasteiger charge is 2.17. The minimum atomic E-state index is 0.729. The van der Waals surface area contributed by atoms with Gasteiger partial charge in [-0.3, -0.25) is 0 Å². The Morgan fingerprint density at radius 2 is 2.21 bits per heavy atom. The van der Waals surface area contributed by atoms with Crippen molar-refractivity contribution in [3.8, 4) is 0 Å². The molecule has 2 nitrogen and oxygen atoms in total. The van der Waals surface area contributed by atoms with Crippen molar-refractivity contribution < 1.29 is 0 Å². The Bertz CT molecular complexity index is 594. The number of nitrogens with one attached hydrogen (secondary N) is 2. The van der Waals surface area contributed by atoms with Crippen LogP contribution in [-0.2, 0) is 0 Å². The van der Waals surface area contributed by atoms with Gasteiger partial charge >= 0.3 is 0 Å². The van der Waals surface area contributed by atoms with Crippen LogP contribution >= 0.6 is 0 Å². The number of H-pyrrole nitrogens is 1. The Balaban J connectivity index is 1.64. The molecule has 0 saturated heterocycles. The predicted octanol–water partition coefficient (Wildman–Crippen LogP) is 4.57. The Morgan fingerprint density at radius 1 is 1.32 bits per heavy atom. The lowest BCUT2D eigenvalue weighted by molar-refractivity contribution is 0.421. The number of aromatic nitrogens is 1. The fraction of sp³-hybridized carbons (Fsp3) is 0.412. The molecule has 1 aromatic carbocycles. The summed E-state index contributed by atoms with van der Waals surface area (Å²) in [6, 6.07) is 8.65. The molecule has 19 heavy (non-hydrogen) atoms. The first-order valence-corrected chi connectivity index (χ1v) is 7.19. The predicted molar refractivity (Wildman–Crippen MR) is 82.4 cm³/mol. The van der Waals surface area contributed by atoms with Crippen LogP contribution in [0.25, 0.3) is 10.9 Å². The van der Waals surface area contributed by atoms with E-state index in [9.17, 15) is 0 Å². The lowest BCUT2D eigenvalue weighted by atomic mass is 9.84. The first kappa shape index (κ1) is 12.3. The molecule has 1 aliphatic carbocycles. The molecular formula is C17H22N2. The maximum atomic E-state index is 3.60. The first-order chi connectivity index (χ1) is 9.20. The largest absolute Gasteiger partial charge is 0.385 e. The fourth-order valence-electron chi connectivity index (χ4n) is 3.27. The molecule has 100 valence electrons. The van der Waals surface area contributed by atoms with E-state index in [1.807, 2.05) is 6.20 Å². The van der Waals surface area contributed by atoms with E-state index >= 15 is 0 Å². The third-order valence-electron chi connectivity index (χ3n) is 4.03. The molecule has 3 rings (SSSR count). The van der Waals surface area contributed by atoms with Crippen molar-refractivity contribution in [2.75, 3.05) is 11.9 Å². The average molecular weight is 254 g/mol. The standard InChI is InChI=1S/C17H22N2/c1-12-7-13(2)9-14(8-12)11-19-16-3-4-17-15(10-16)5-6-18-17/h3-7,10,12,14,18-19H,8-9,11H2,1-2H3. The monoisotopic (exact) mass is 254 g/mol. The van der Waals surface area contributed by atoms with E-state index in [2.05, 4.69) is 54.5 Å². The van der Waals surface area contributed by atoms with Crippen LogP contribution in [0.5, 0.6) is 0 Å². The Labute approximate surface area is 114 Å². The number of allylic oxidation sites excluding steroid dienone is 2. The maximum Gasteiger partial charge on any atom is 0.0455 e. The molecule has 1 heterocycles. The number of fused-ring (bicyclic) bond motifs is 1. The molecule has 0 aliphatic heterocycles. The highest BCUT2D eigenvalue weighted by Crippen LogP contribution is 2.28. The van der Waals surface area contributed by atoms with Gasteiger partial charge < -0.3 is 10.3 Å². The summed E-state index contributed by atoms with van der Waals surface area (Å²) >= 11 is 0. The smallest absolute Gasteiger partial charge is 0.0455 e. The Morgan fingerprint density at radius 3 is 3.05 bits per heavy atom. The van der Waals surface area contributed by atoms with Crippen LogP contribution in [0.1, 0.15) is 26.7 Å². The van der Waals surface area contributed by atoms with Crippen molar-refractivity contribution in [3.63, 3.8) is 0 Å². The van der Waals surface area contributed by atoms with Crippen LogP contribution in [0.15, 0.2) is 42.1 Å². The van der Waals surface area contributed by atoms with Crippen LogP contribution in [0.3, 0.4) is 0 Å². The van der Waals surface area contributed by atoms with Crippen molar-refractivity contribution in [1.82, 2.24) is 4.98 Å². The zero-order valence-electron chi connectivity index (χ0n) is 11.7. The number of anilines is 1. The summed E-state index contributed by atoms with van der Waals surface area (Å²) in [4.78, 5) is 3.23. The minimum Gasteiger partial charge on any atom is -0.385 e. The lowest BCUT2D eigenvalue weighted by Gasteiger charge is -2.26. The molecule has 1 aliphatic rings. The van der Waals surface area contributed by atoms with Crippen molar-refractivity contribution in [2.45, 2.75) is 26.7 Å². The highest BCUT2D eigenvalue weighted by molar-refractivity contribution is 5.82. The minimum absolute atomic E-state index is 0.729. The molecule has 0 radical (unpaired) electrons. The quantitative estimate of drug-likeness (QED) is 0.771. The van der Waals surface area contributed by atoms with E-state index in [0.29, 0.717) is 0 Å². The second kappa shape index (κ2) is 5.12. The summed E-state index contributed by atoms with van der Waals surface area (Å²) < 4.78 is 0. The van der Waals surface area contributed by atoms with Gasteiger partial charge in [0.15, 0.2) is 0 Å². The van der Waals surface area contributed by atoms with Crippen molar-refractivity contribution in [2.24, 2.45) is 11.8 Å². The zero-order chi connectivity index (χ0) is 13.2. The average Bonchev–Trinajstić information content (AvgIpc) is 2.82. The second-order valence-corrected chi connectivity index (χ2v) is 5.96. The molecule has 2 heteroatoms. The van der Waals surface area contributed by atoms with Gasteiger partial charge in [0.2, 0.25) is 0 Å². The molecule has 0 spiro atoms. The van der Waals surface area contributed by atoms with Gasteiger partial charge in [-0.25, -0.2) is 0 Å². The SMILES string of the molecule is CC1=CC(C)CC(CNc2ccc3[nH]ccc3c2)C1. The van der Waals surface area contributed by atoms with Gasteiger partial charge in [-0.2, -0.15) is 0 Å². The number of rotatable bonds is 3. The first-order valence-electron chi connectivity index (χ1n) is 7.19. The van der Waals surface area contributed by atoms with Gasteiger partial charge in [0.1, 0.15) is 0 Å². The highest BCUT2D eigenvalue weighted by atomic mass is 14.9. The zero-order valence-corrected chi connectivity index (χ0v) is 11.7. The van der Waals surface area contributed by atoms with Gasteiger partial charge in [-0.15, -0.1) is 0 Å². The fourth-order valence-corrected chi connectivity index (χ4v) is 3.27. The van der Waals surface area contributed by atoms with Crippen molar-refractivity contribution in [3.05, 3.63) is 42.1 Å². The van der Waals surface area contributed by atoms with E-state index in [-0.39, 0.29) is 0 Å². The van der Waals surface area contributed by atoms with Crippen molar-refractivity contribution >= 4 is 16.6 Å². The van der Waals surface area contributed by atoms with Gasteiger partial charge in [-0.05, 0) is 55.9 Å². The molecule has 2 aromatic rings. The van der Waals surface area contributed by atoms with Gasteiger partial charge in [0, 0.05) is 29.3 Å². The third-order valence-corrected chi connectivity index (χ3v) is 4.03. The van der Waals surface area contributed by atoms with Gasteiger partial charge in [0.05, 0.1) is 0 Å². The van der Waals surface area contributed by atoms with Crippen LogP contribution in [-0.4, -0.2) is 11.5 Å². The van der Waals surface area contributed by atoms with E-state index in [1.54, 1.807) is 5.57 Å². The van der Waals surface area contributed by atoms with Crippen LogP contribution in [0.4, 0.5) is 5.69 Å². The summed E-state index contributed by atoms with van der Waals surface area (Å²) in [6.07, 6.45) is 6.95. The van der Waals surface area contributed by atoms with Gasteiger partial charge in [0.25, 0.3) is 0 Å². The second-order valence-electron chi connectivity index (χ2n) is 5.96.